The first kappa shape index (κ1) is 49.0. The molecule has 0 saturated carbocycles. The van der Waals surface area contributed by atoms with Crippen molar-refractivity contribution in [3.8, 4) is 22.3 Å². The van der Waals surface area contributed by atoms with Gasteiger partial charge in [0.1, 0.15) is 0 Å². The molecule has 0 amide bonds. The van der Waals surface area contributed by atoms with Gasteiger partial charge >= 0.3 is 0 Å². The molecule has 0 aromatic heterocycles. The highest BCUT2D eigenvalue weighted by molar-refractivity contribution is 7.00. The normalized spacial score (nSPS) is 16.8. The molecule has 9 aromatic carbocycles. The minimum absolute atomic E-state index is 0.00641. The second-order valence-corrected chi connectivity index (χ2v) is 26.5. The Labute approximate surface area is 459 Å². The zero-order valence-electron chi connectivity index (χ0n) is 47.3. The van der Waals surface area contributed by atoms with E-state index in [4.69, 9.17) is 0 Å². The van der Waals surface area contributed by atoms with Crippen molar-refractivity contribution in [2.24, 2.45) is 0 Å². The summed E-state index contributed by atoms with van der Waals surface area (Å²) in [6, 6.07) is 74.2. The molecule has 77 heavy (non-hydrogen) atoms. The summed E-state index contributed by atoms with van der Waals surface area (Å²) in [7, 11) is 0. The molecule has 13 rings (SSSR count). The SMILES string of the molecule is Cc1ccc(-c2ccccc2)cc1N1c2cc3c(cc2B2c4cc5c(cc4N(c4ccc(C(C)(C)C)cc4-c4ccccc4)c4cc(N(c6ccccc6)c6ccccc6)cc1c42)C(C)(C)CC5(C)C)C(C)(C)CC3(C)C. The Hall–Kier alpha value is -7.56. The Morgan fingerprint density at radius 1 is 0.390 bits per heavy atom. The van der Waals surface area contributed by atoms with Gasteiger partial charge in [-0.25, -0.2) is 0 Å². The molecule has 2 heterocycles. The Kier molecular flexibility index (Phi) is 11.0. The van der Waals surface area contributed by atoms with E-state index in [-0.39, 0.29) is 33.8 Å². The summed E-state index contributed by atoms with van der Waals surface area (Å²) >= 11 is 0. The van der Waals surface area contributed by atoms with Crippen LogP contribution in [0.2, 0.25) is 0 Å². The van der Waals surface area contributed by atoms with E-state index >= 15 is 0 Å². The zero-order valence-corrected chi connectivity index (χ0v) is 47.3. The Bertz CT molecular complexity index is 3770. The average Bonchev–Trinajstić information content (AvgIpc) is 3.95. The van der Waals surface area contributed by atoms with Crippen LogP contribution in [0.3, 0.4) is 0 Å². The van der Waals surface area contributed by atoms with Crippen molar-refractivity contribution in [3.05, 3.63) is 228 Å². The van der Waals surface area contributed by atoms with Crippen LogP contribution in [0.5, 0.6) is 0 Å². The van der Waals surface area contributed by atoms with Crippen LogP contribution in [-0.4, -0.2) is 6.71 Å². The number of hydrogen-bond acceptors (Lipinski definition) is 3. The van der Waals surface area contributed by atoms with E-state index in [1.807, 2.05) is 0 Å². The molecular formula is C73H72BN3. The van der Waals surface area contributed by atoms with Gasteiger partial charge in [-0.15, -0.1) is 0 Å². The van der Waals surface area contributed by atoms with E-state index in [1.54, 1.807) is 0 Å². The molecule has 382 valence electrons. The van der Waals surface area contributed by atoms with Gasteiger partial charge in [-0.05, 0) is 180 Å². The van der Waals surface area contributed by atoms with Gasteiger partial charge in [-0.1, -0.05) is 204 Å². The Morgan fingerprint density at radius 3 is 1.31 bits per heavy atom. The molecule has 0 N–H and O–H groups in total. The van der Waals surface area contributed by atoms with Crippen LogP contribution in [0.15, 0.2) is 194 Å². The molecule has 0 radical (unpaired) electrons. The fraction of sp³-hybridized carbons (Fsp3) is 0.260. The van der Waals surface area contributed by atoms with Crippen molar-refractivity contribution in [2.75, 3.05) is 14.7 Å². The van der Waals surface area contributed by atoms with Gasteiger partial charge in [0.05, 0.1) is 11.4 Å². The van der Waals surface area contributed by atoms with Crippen molar-refractivity contribution in [3.63, 3.8) is 0 Å². The van der Waals surface area contributed by atoms with Crippen molar-refractivity contribution < 1.29 is 0 Å². The highest BCUT2D eigenvalue weighted by Gasteiger charge is 2.51. The maximum atomic E-state index is 2.70. The smallest absolute Gasteiger partial charge is 0.252 e. The molecule has 2 aliphatic carbocycles. The summed E-state index contributed by atoms with van der Waals surface area (Å²) in [6.45, 7) is 29.1. The van der Waals surface area contributed by atoms with Crippen LogP contribution in [0, 0.1) is 6.92 Å². The fourth-order valence-corrected chi connectivity index (χ4v) is 14.9. The molecule has 0 saturated heterocycles. The number of aryl methyl sites for hydroxylation is 1. The second kappa shape index (κ2) is 17.2. The van der Waals surface area contributed by atoms with Crippen LogP contribution in [0.25, 0.3) is 22.3 Å². The van der Waals surface area contributed by atoms with Crippen molar-refractivity contribution in [2.45, 2.75) is 123 Å². The van der Waals surface area contributed by atoms with Crippen molar-refractivity contribution in [1.82, 2.24) is 0 Å². The maximum Gasteiger partial charge on any atom is 0.252 e. The van der Waals surface area contributed by atoms with E-state index < -0.39 is 0 Å². The summed E-state index contributed by atoms with van der Waals surface area (Å²) < 4.78 is 0. The van der Waals surface area contributed by atoms with E-state index in [0.29, 0.717) is 0 Å². The lowest BCUT2D eigenvalue weighted by molar-refractivity contribution is 0.403. The third kappa shape index (κ3) is 7.83. The number of para-hydroxylation sites is 2. The van der Waals surface area contributed by atoms with Crippen LogP contribution in [0.4, 0.5) is 51.2 Å². The van der Waals surface area contributed by atoms with Crippen LogP contribution < -0.4 is 31.1 Å². The summed E-state index contributed by atoms with van der Waals surface area (Å²) in [5.41, 5.74) is 27.9. The van der Waals surface area contributed by atoms with Gasteiger partial charge in [0.2, 0.25) is 0 Å². The number of fused-ring (bicyclic) bond motifs is 6. The lowest BCUT2D eigenvalue weighted by Crippen LogP contribution is -2.62. The van der Waals surface area contributed by atoms with Crippen LogP contribution >= 0.6 is 0 Å². The predicted molar refractivity (Wildman–Crippen MR) is 331 cm³/mol. The Morgan fingerprint density at radius 2 is 0.831 bits per heavy atom. The topological polar surface area (TPSA) is 9.72 Å². The molecule has 0 spiro atoms. The molecule has 9 aromatic rings. The molecular weight excluding hydrogens is 930 g/mol. The zero-order chi connectivity index (χ0) is 53.6. The first-order chi connectivity index (χ1) is 36.7. The standard InChI is InChI=1S/C73H72BN3/c1-47-33-34-50(48-25-17-13-18-26-48)37-63(47)77-65-44-59-57(71(7,8)46-73(59,11)12)42-61(65)74-60-41-56-58(72(9,10)45-70(56,5)6)43-64(60)76(62-36-35-51(69(2,3)4)38-55(62)49-27-19-14-20-28-49)66-39-54(40-67(77)68(66)74)75(52-29-21-15-22-30-52)53-31-23-16-24-32-53/h13-44H,45-46H2,1-12H3. The summed E-state index contributed by atoms with van der Waals surface area (Å²) in [4.78, 5) is 7.87. The van der Waals surface area contributed by atoms with Gasteiger partial charge in [0, 0.05) is 45.4 Å². The highest BCUT2D eigenvalue weighted by atomic mass is 15.2. The molecule has 0 atom stereocenters. The van der Waals surface area contributed by atoms with Gasteiger partial charge in [-0.3, -0.25) is 0 Å². The quantitative estimate of drug-likeness (QED) is 0.147. The molecule has 2 aliphatic heterocycles. The van der Waals surface area contributed by atoms with E-state index in [1.165, 1.54) is 106 Å². The predicted octanol–water partition coefficient (Wildman–Crippen LogP) is 18.1. The van der Waals surface area contributed by atoms with Gasteiger partial charge in [0.25, 0.3) is 6.71 Å². The lowest BCUT2D eigenvalue weighted by Gasteiger charge is -2.46. The largest absolute Gasteiger partial charge is 0.311 e. The highest BCUT2D eigenvalue weighted by Crippen LogP contribution is 2.57. The van der Waals surface area contributed by atoms with E-state index in [2.05, 4.69) is 292 Å². The van der Waals surface area contributed by atoms with Crippen LogP contribution in [0.1, 0.15) is 122 Å². The summed E-state index contributed by atoms with van der Waals surface area (Å²) in [5.74, 6) is 0. The molecule has 0 fully saturated rings. The van der Waals surface area contributed by atoms with Crippen molar-refractivity contribution in [1.29, 1.82) is 0 Å². The van der Waals surface area contributed by atoms with E-state index in [0.717, 1.165) is 29.9 Å². The fourth-order valence-electron chi connectivity index (χ4n) is 14.9. The number of nitrogens with zero attached hydrogens (tertiary/aromatic N) is 3. The van der Waals surface area contributed by atoms with E-state index in [9.17, 15) is 0 Å². The maximum absolute atomic E-state index is 2.70. The number of anilines is 9. The minimum Gasteiger partial charge on any atom is -0.311 e. The monoisotopic (exact) mass is 1000 g/mol. The summed E-state index contributed by atoms with van der Waals surface area (Å²) in [5, 5.41) is 0. The lowest BCUT2D eigenvalue weighted by atomic mass is 9.33. The summed E-state index contributed by atoms with van der Waals surface area (Å²) in [6.07, 6.45) is 2.17. The number of hydrogen-bond donors (Lipinski definition) is 0. The molecule has 3 nitrogen and oxygen atoms in total. The molecule has 0 unspecified atom stereocenters. The second-order valence-electron chi connectivity index (χ2n) is 26.5. The molecule has 4 aliphatic rings. The third-order valence-corrected chi connectivity index (χ3v) is 18.0. The first-order valence-electron chi connectivity index (χ1n) is 28.1. The van der Waals surface area contributed by atoms with Gasteiger partial charge in [0.15, 0.2) is 0 Å². The average molecular weight is 1000 g/mol. The Balaban J connectivity index is 1.22. The van der Waals surface area contributed by atoms with Gasteiger partial charge in [-0.2, -0.15) is 0 Å². The third-order valence-electron chi connectivity index (χ3n) is 18.0. The first-order valence-corrected chi connectivity index (χ1v) is 28.1. The molecule has 0 bridgehead atoms. The number of benzene rings is 9. The minimum atomic E-state index is -0.0622. The van der Waals surface area contributed by atoms with Crippen molar-refractivity contribution >= 4 is 74.3 Å². The van der Waals surface area contributed by atoms with Gasteiger partial charge < -0.3 is 14.7 Å². The molecule has 4 heteroatoms. The number of rotatable bonds is 7. The van der Waals surface area contributed by atoms with Crippen LogP contribution in [-0.2, 0) is 27.1 Å².